The Morgan fingerprint density at radius 3 is 2.92 bits per heavy atom. The van der Waals surface area contributed by atoms with Gasteiger partial charge in [0.15, 0.2) is 0 Å². The van der Waals surface area contributed by atoms with Gasteiger partial charge >= 0.3 is 0 Å². The van der Waals surface area contributed by atoms with E-state index in [0.717, 1.165) is 22.3 Å². The Morgan fingerprint density at radius 2 is 2.08 bits per heavy atom. The first-order valence-electron chi connectivity index (χ1n) is 7.55. The van der Waals surface area contributed by atoms with Gasteiger partial charge in [0.05, 0.1) is 30.2 Å². The molecule has 0 spiro atoms. The Labute approximate surface area is 139 Å². The highest BCUT2D eigenvalue weighted by Gasteiger charge is 2.07. The van der Waals surface area contributed by atoms with Crippen molar-refractivity contribution in [1.82, 2.24) is 15.0 Å². The molecule has 1 amide bonds. The molecule has 122 valence electrons. The highest BCUT2D eigenvalue weighted by atomic mass is 16.5. The lowest BCUT2D eigenvalue weighted by atomic mass is 10.1. The number of nitrogens with zero attached hydrogens (tertiary/aromatic N) is 3. The summed E-state index contributed by atoms with van der Waals surface area (Å²) in [6, 6.07) is 15.2. The van der Waals surface area contributed by atoms with Gasteiger partial charge in [-0.3, -0.25) is 4.79 Å². The van der Waals surface area contributed by atoms with Crippen molar-refractivity contribution in [3.05, 3.63) is 60.4 Å². The maximum atomic E-state index is 12.1. The number of carbonyl (C=O) groups is 1. The van der Waals surface area contributed by atoms with Gasteiger partial charge in [0.1, 0.15) is 12.3 Å². The number of hydrazone groups is 1. The summed E-state index contributed by atoms with van der Waals surface area (Å²) in [5.74, 6) is 0.540. The number of hydrogen-bond donors (Lipinski definition) is 1. The molecular weight excluding hydrogens is 304 g/mol. The molecule has 0 radical (unpaired) electrons. The SMILES string of the molecule is COc1cccc(/C(C)=N\NC(=O)Cn2cnc3ccccc32)c1. The third-order valence-corrected chi connectivity index (χ3v) is 3.68. The standard InChI is InChI=1S/C18H18N4O2/c1-13(14-6-5-7-15(10-14)24-2)20-21-18(23)11-22-12-19-16-8-3-4-9-17(16)22/h3-10,12H,11H2,1-2H3,(H,21,23)/b20-13-. The molecular formula is C18H18N4O2. The molecule has 6 nitrogen and oxygen atoms in total. The summed E-state index contributed by atoms with van der Waals surface area (Å²) < 4.78 is 6.98. The minimum absolute atomic E-state index is 0.162. The van der Waals surface area contributed by atoms with Gasteiger partial charge in [-0.15, -0.1) is 0 Å². The summed E-state index contributed by atoms with van der Waals surface area (Å²) in [5.41, 5.74) is 5.96. The number of nitrogens with one attached hydrogen (secondary N) is 1. The van der Waals surface area contributed by atoms with E-state index in [9.17, 15) is 4.79 Å². The number of benzene rings is 2. The number of carbonyl (C=O) groups excluding carboxylic acids is 1. The smallest absolute Gasteiger partial charge is 0.260 e. The Bertz CT molecular complexity index is 899. The van der Waals surface area contributed by atoms with Crippen LogP contribution in [-0.2, 0) is 11.3 Å². The largest absolute Gasteiger partial charge is 0.497 e. The van der Waals surface area contributed by atoms with Crippen LogP contribution >= 0.6 is 0 Å². The molecule has 0 aliphatic heterocycles. The van der Waals surface area contributed by atoms with Crippen LogP contribution in [0.2, 0.25) is 0 Å². The van der Waals surface area contributed by atoms with Crippen LogP contribution in [0.25, 0.3) is 11.0 Å². The number of methoxy groups -OCH3 is 1. The summed E-state index contributed by atoms with van der Waals surface area (Å²) in [6.07, 6.45) is 1.66. The van der Waals surface area contributed by atoms with E-state index in [1.54, 1.807) is 18.0 Å². The molecule has 0 unspecified atom stereocenters. The fourth-order valence-corrected chi connectivity index (χ4v) is 2.39. The number of rotatable bonds is 5. The third-order valence-electron chi connectivity index (χ3n) is 3.68. The molecule has 1 aromatic heterocycles. The Morgan fingerprint density at radius 1 is 1.25 bits per heavy atom. The van der Waals surface area contributed by atoms with Crippen LogP contribution in [0.1, 0.15) is 12.5 Å². The van der Waals surface area contributed by atoms with Crippen molar-refractivity contribution in [3.8, 4) is 5.75 Å². The first kappa shape index (κ1) is 15.7. The first-order valence-corrected chi connectivity index (χ1v) is 7.55. The van der Waals surface area contributed by atoms with Crippen molar-refractivity contribution < 1.29 is 9.53 Å². The summed E-state index contributed by atoms with van der Waals surface area (Å²) in [6.45, 7) is 2.00. The predicted molar refractivity (Wildman–Crippen MR) is 93.1 cm³/mol. The van der Waals surface area contributed by atoms with E-state index >= 15 is 0 Å². The number of ether oxygens (including phenoxy) is 1. The molecule has 2 aromatic carbocycles. The van der Waals surface area contributed by atoms with Crippen molar-refractivity contribution in [3.63, 3.8) is 0 Å². The maximum Gasteiger partial charge on any atom is 0.260 e. The lowest BCUT2D eigenvalue weighted by molar-refractivity contribution is -0.121. The van der Waals surface area contributed by atoms with E-state index in [4.69, 9.17) is 4.74 Å². The fraction of sp³-hybridized carbons (Fsp3) is 0.167. The van der Waals surface area contributed by atoms with E-state index in [1.165, 1.54) is 0 Å². The van der Waals surface area contributed by atoms with Gasteiger partial charge in [-0.1, -0.05) is 24.3 Å². The molecule has 1 N–H and O–H groups in total. The number of imidazole rings is 1. The van der Waals surface area contributed by atoms with Crippen LogP contribution < -0.4 is 10.2 Å². The zero-order valence-corrected chi connectivity index (χ0v) is 13.6. The zero-order valence-electron chi connectivity index (χ0n) is 13.6. The van der Waals surface area contributed by atoms with Gasteiger partial charge in [-0.25, -0.2) is 10.4 Å². The van der Waals surface area contributed by atoms with Crippen LogP contribution in [0.5, 0.6) is 5.75 Å². The van der Waals surface area contributed by atoms with E-state index in [1.807, 2.05) is 55.5 Å². The molecule has 0 aliphatic rings. The molecule has 0 saturated heterocycles. The second-order valence-electron chi connectivity index (χ2n) is 5.33. The highest BCUT2D eigenvalue weighted by molar-refractivity contribution is 5.99. The van der Waals surface area contributed by atoms with Crippen LogP contribution in [0.15, 0.2) is 60.0 Å². The van der Waals surface area contributed by atoms with Crippen molar-refractivity contribution in [2.24, 2.45) is 5.10 Å². The minimum atomic E-state index is -0.208. The third kappa shape index (κ3) is 3.43. The summed E-state index contributed by atoms with van der Waals surface area (Å²) in [4.78, 5) is 16.4. The van der Waals surface area contributed by atoms with Gasteiger partial charge in [0.2, 0.25) is 0 Å². The van der Waals surface area contributed by atoms with E-state index in [-0.39, 0.29) is 12.5 Å². The van der Waals surface area contributed by atoms with Crippen molar-refractivity contribution >= 4 is 22.7 Å². The number of amides is 1. The lowest BCUT2D eigenvalue weighted by Crippen LogP contribution is -2.24. The molecule has 6 heteroatoms. The molecule has 3 rings (SSSR count). The van der Waals surface area contributed by atoms with Gasteiger partial charge in [-0.2, -0.15) is 5.10 Å². The molecule has 24 heavy (non-hydrogen) atoms. The second kappa shape index (κ2) is 6.95. The number of hydrogen-bond acceptors (Lipinski definition) is 4. The van der Waals surface area contributed by atoms with Gasteiger partial charge < -0.3 is 9.30 Å². The second-order valence-corrected chi connectivity index (χ2v) is 5.33. The molecule has 3 aromatic rings. The van der Waals surface area contributed by atoms with Crippen molar-refractivity contribution in [2.75, 3.05) is 7.11 Å². The summed E-state index contributed by atoms with van der Waals surface area (Å²) in [5, 5.41) is 4.16. The highest BCUT2D eigenvalue weighted by Crippen LogP contribution is 2.13. The van der Waals surface area contributed by atoms with Gasteiger partial charge in [0, 0.05) is 5.56 Å². The monoisotopic (exact) mass is 322 g/mol. The lowest BCUT2D eigenvalue weighted by Gasteiger charge is -2.06. The Hall–Kier alpha value is -3.15. The normalized spacial score (nSPS) is 11.5. The molecule has 0 saturated carbocycles. The van der Waals surface area contributed by atoms with E-state index in [2.05, 4.69) is 15.5 Å². The van der Waals surface area contributed by atoms with E-state index < -0.39 is 0 Å². The van der Waals surface area contributed by atoms with E-state index in [0.29, 0.717) is 5.71 Å². The summed E-state index contributed by atoms with van der Waals surface area (Å²) in [7, 11) is 1.61. The van der Waals surface area contributed by atoms with Crippen LogP contribution in [0, 0.1) is 0 Å². The molecule has 0 fully saturated rings. The average molecular weight is 322 g/mol. The zero-order chi connectivity index (χ0) is 16.9. The number of aromatic nitrogens is 2. The minimum Gasteiger partial charge on any atom is -0.497 e. The van der Waals surface area contributed by atoms with Crippen LogP contribution in [0.4, 0.5) is 0 Å². The molecule has 0 atom stereocenters. The Balaban J connectivity index is 1.68. The molecule has 0 bridgehead atoms. The summed E-state index contributed by atoms with van der Waals surface area (Å²) >= 11 is 0. The average Bonchev–Trinajstić information content (AvgIpc) is 3.03. The number of para-hydroxylation sites is 2. The maximum absolute atomic E-state index is 12.1. The number of fused-ring (bicyclic) bond motifs is 1. The van der Waals surface area contributed by atoms with Gasteiger partial charge in [0.25, 0.3) is 5.91 Å². The van der Waals surface area contributed by atoms with Gasteiger partial charge in [-0.05, 0) is 31.2 Å². The molecule has 1 heterocycles. The first-order chi connectivity index (χ1) is 11.7. The van der Waals surface area contributed by atoms with Crippen LogP contribution in [0.3, 0.4) is 0 Å². The topological polar surface area (TPSA) is 68.5 Å². The quantitative estimate of drug-likeness (QED) is 0.580. The predicted octanol–water partition coefficient (Wildman–Crippen LogP) is 2.59. The molecule has 0 aliphatic carbocycles. The Kier molecular flexibility index (Phi) is 4.56. The van der Waals surface area contributed by atoms with Crippen molar-refractivity contribution in [1.29, 1.82) is 0 Å². The fourth-order valence-electron chi connectivity index (χ4n) is 2.39. The van der Waals surface area contributed by atoms with Crippen LogP contribution in [-0.4, -0.2) is 28.3 Å². The van der Waals surface area contributed by atoms with Crippen molar-refractivity contribution in [2.45, 2.75) is 13.5 Å².